The standard InChI is InChI=1S/C42H24N4O/c43-25-26-17-20-37-35(22-26)31-12-1-3-14-36(31)45(37)29-10-5-8-27(23-29)28-9-6-11-30(24-28)46-38-15-7-21-44-40(38)34-19-18-33-32-13-2-4-16-39(32)47-42(33)41(34)46/h1-24H. The van der Waals surface area contributed by atoms with E-state index in [0.717, 1.165) is 88.2 Å². The first-order valence-electron chi connectivity index (χ1n) is 15.6. The molecule has 0 atom stereocenters. The van der Waals surface area contributed by atoms with Crippen molar-refractivity contribution in [2.75, 3.05) is 0 Å². The van der Waals surface area contributed by atoms with Crippen LogP contribution in [0.5, 0.6) is 0 Å². The van der Waals surface area contributed by atoms with E-state index >= 15 is 0 Å². The maximum Gasteiger partial charge on any atom is 0.160 e. The average molecular weight is 601 g/mol. The maximum atomic E-state index is 9.58. The Hall–Kier alpha value is -6.64. The highest BCUT2D eigenvalue weighted by molar-refractivity contribution is 6.20. The Labute approximate surface area is 268 Å². The number of nitrogens with zero attached hydrogens (tertiary/aromatic N) is 4. The number of hydrogen-bond acceptors (Lipinski definition) is 3. The molecule has 0 amide bonds. The van der Waals surface area contributed by atoms with Gasteiger partial charge in [-0.3, -0.25) is 4.98 Å². The number of fused-ring (bicyclic) bond motifs is 10. The zero-order valence-electron chi connectivity index (χ0n) is 25.1. The summed E-state index contributed by atoms with van der Waals surface area (Å²) in [5.41, 5.74) is 11.9. The third-order valence-electron chi connectivity index (χ3n) is 9.37. The van der Waals surface area contributed by atoms with E-state index in [9.17, 15) is 5.26 Å². The van der Waals surface area contributed by atoms with Crippen molar-refractivity contribution in [2.45, 2.75) is 0 Å². The first-order chi connectivity index (χ1) is 23.3. The van der Waals surface area contributed by atoms with Gasteiger partial charge in [0.05, 0.1) is 39.2 Å². The molecule has 5 nitrogen and oxygen atoms in total. The number of hydrogen-bond donors (Lipinski definition) is 0. The minimum absolute atomic E-state index is 0.658. The average Bonchev–Trinajstić information content (AvgIpc) is 3.79. The van der Waals surface area contributed by atoms with Gasteiger partial charge in [-0.2, -0.15) is 5.26 Å². The van der Waals surface area contributed by atoms with Gasteiger partial charge in [-0.25, -0.2) is 0 Å². The molecule has 47 heavy (non-hydrogen) atoms. The highest BCUT2D eigenvalue weighted by Gasteiger charge is 2.20. The molecule has 5 heteroatoms. The molecular formula is C42H24N4O. The lowest BCUT2D eigenvalue weighted by atomic mass is 10.0. The van der Waals surface area contributed by atoms with Crippen molar-refractivity contribution in [2.24, 2.45) is 0 Å². The van der Waals surface area contributed by atoms with Crippen molar-refractivity contribution in [1.82, 2.24) is 14.1 Å². The fourth-order valence-corrected chi connectivity index (χ4v) is 7.33. The molecule has 0 aliphatic heterocycles. The van der Waals surface area contributed by atoms with E-state index in [1.807, 2.05) is 36.5 Å². The Morgan fingerprint density at radius 1 is 0.532 bits per heavy atom. The number of furan rings is 1. The monoisotopic (exact) mass is 600 g/mol. The number of nitriles is 1. The van der Waals surface area contributed by atoms with Crippen molar-refractivity contribution >= 4 is 65.7 Å². The van der Waals surface area contributed by atoms with Crippen molar-refractivity contribution in [3.63, 3.8) is 0 Å². The van der Waals surface area contributed by atoms with Crippen LogP contribution in [0.4, 0.5) is 0 Å². The third-order valence-corrected chi connectivity index (χ3v) is 9.37. The second-order valence-corrected chi connectivity index (χ2v) is 11.9. The van der Waals surface area contributed by atoms with E-state index < -0.39 is 0 Å². The fraction of sp³-hybridized carbons (Fsp3) is 0. The summed E-state index contributed by atoms with van der Waals surface area (Å²) >= 11 is 0. The molecule has 10 aromatic rings. The van der Waals surface area contributed by atoms with E-state index in [-0.39, 0.29) is 0 Å². The van der Waals surface area contributed by atoms with Crippen molar-refractivity contribution < 1.29 is 4.42 Å². The Morgan fingerprint density at radius 3 is 2.06 bits per heavy atom. The summed E-state index contributed by atoms with van der Waals surface area (Å²) in [4.78, 5) is 4.81. The summed E-state index contributed by atoms with van der Waals surface area (Å²) in [5.74, 6) is 0. The Balaban J connectivity index is 1.19. The fourth-order valence-electron chi connectivity index (χ4n) is 7.33. The summed E-state index contributed by atoms with van der Waals surface area (Å²) in [6.07, 6.45) is 1.85. The van der Waals surface area contributed by atoms with E-state index in [0.29, 0.717) is 5.56 Å². The second kappa shape index (κ2) is 9.68. The van der Waals surface area contributed by atoms with Gasteiger partial charge in [0.15, 0.2) is 5.58 Å². The number of benzene rings is 6. The van der Waals surface area contributed by atoms with Crippen LogP contribution in [0.2, 0.25) is 0 Å². The molecule has 0 N–H and O–H groups in total. The van der Waals surface area contributed by atoms with Crippen molar-refractivity contribution in [3.8, 4) is 28.6 Å². The molecule has 0 spiro atoms. The first kappa shape index (κ1) is 25.7. The third kappa shape index (κ3) is 3.67. The highest BCUT2D eigenvalue weighted by Crippen LogP contribution is 2.40. The van der Waals surface area contributed by atoms with Gasteiger partial charge >= 0.3 is 0 Å². The lowest BCUT2D eigenvalue weighted by molar-refractivity contribution is 0.671. The van der Waals surface area contributed by atoms with Gasteiger partial charge in [0.1, 0.15) is 5.58 Å². The van der Waals surface area contributed by atoms with Gasteiger partial charge in [0.2, 0.25) is 0 Å². The molecule has 0 unspecified atom stereocenters. The topological polar surface area (TPSA) is 59.7 Å². The zero-order valence-corrected chi connectivity index (χ0v) is 25.1. The van der Waals surface area contributed by atoms with Crippen molar-refractivity contribution in [3.05, 3.63) is 151 Å². The summed E-state index contributed by atoms with van der Waals surface area (Å²) < 4.78 is 11.1. The quantitative estimate of drug-likeness (QED) is 0.203. The van der Waals surface area contributed by atoms with E-state index in [1.165, 1.54) is 0 Å². The van der Waals surface area contributed by atoms with Crippen LogP contribution < -0.4 is 0 Å². The predicted octanol–water partition coefficient (Wildman–Crippen LogP) is 10.7. The van der Waals surface area contributed by atoms with Crippen LogP contribution in [0.15, 0.2) is 150 Å². The summed E-state index contributed by atoms with van der Waals surface area (Å²) in [6, 6.07) is 50.6. The molecule has 218 valence electrons. The molecule has 0 saturated carbocycles. The molecule has 6 aromatic carbocycles. The molecule has 10 rings (SSSR count). The molecule has 0 radical (unpaired) electrons. The van der Waals surface area contributed by atoms with Crippen LogP contribution >= 0.6 is 0 Å². The Bertz CT molecular complexity index is 2930. The van der Waals surface area contributed by atoms with Gasteiger partial charge in [-0.15, -0.1) is 0 Å². The molecule has 0 fully saturated rings. The molecule has 0 aliphatic carbocycles. The predicted molar refractivity (Wildman–Crippen MR) is 190 cm³/mol. The van der Waals surface area contributed by atoms with Gasteiger partial charge in [-0.1, -0.05) is 60.7 Å². The number of aromatic nitrogens is 3. The zero-order chi connectivity index (χ0) is 31.1. The lowest BCUT2D eigenvalue weighted by Crippen LogP contribution is -1.96. The van der Waals surface area contributed by atoms with Gasteiger partial charge in [0.25, 0.3) is 0 Å². The number of rotatable bonds is 3. The van der Waals surface area contributed by atoms with E-state index in [4.69, 9.17) is 9.40 Å². The van der Waals surface area contributed by atoms with Gasteiger partial charge in [0, 0.05) is 44.5 Å². The minimum Gasteiger partial charge on any atom is -0.454 e. The largest absolute Gasteiger partial charge is 0.454 e. The normalized spacial score (nSPS) is 11.8. The van der Waals surface area contributed by atoms with Crippen LogP contribution in [0, 0.1) is 11.3 Å². The van der Waals surface area contributed by atoms with Crippen LogP contribution in [-0.2, 0) is 0 Å². The molecule has 0 aliphatic rings. The smallest absolute Gasteiger partial charge is 0.160 e. The number of pyridine rings is 1. The Morgan fingerprint density at radius 2 is 1.23 bits per heavy atom. The number of para-hydroxylation sites is 2. The minimum atomic E-state index is 0.658. The van der Waals surface area contributed by atoms with Crippen LogP contribution in [0.1, 0.15) is 5.56 Å². The van der Waals surface area contributed by atoms with Gasteiger partial charge < -0.3 is 13.6 Å². The maximum absolute atomic E-state index is 9.58. The molecule has 0 bridgehead atoms. The SMILES string of the molecule is N#Cc1ccc2c(c1)c1ccccc1n2-c1cccc(-c2cccc(-n3c4cccnc4c4ccc5c6ccccc6oc5c43)c2)c1. The van der Waals surface area contributed by atoms with Crippen LogP contribution in [-0.4, -0.2) is 14.1 Å². The lowest BCUT2D eigenvalue weighted by Gasteiger charge is -2.12. The summed E-state index contributed by atoms with van der Waals surface area (Å²) in [6.45, 7) is 0. The summed E-state index contributed by atoms with van der Waals surface area (Å²) in [5, 5.41) is 15.0. The Kier molecular flexibility index (Phi) is 5.28. The summed E-state index contributed by atoms with van der Waals surface area (Å²) in [7, 11) is 0. The van der Waals surface area contributed by atoms with Crippen LogP contribution in [0.3, 0.4) is 0 Å². The van der Waals surface area contributed by atoms with Gasteiger partial charge in [-0.05, 0) is 90.0 Å². The molecule has 0 saturated heterocycles. The van der Waals surface area contributed by atoms with Crippen molar-refractivity contribution in [1.29, 1.82) is 5.26 Å². The van der Waals surface area contributed by atoms with E-state index in [1.54, 1.807) is 0 Å². The highest BCUT2D eigenvalue weighted by atomic mass is 16.3. The molecular weight excluding hydrogens is 576 g/mol. The van der Waals surface area contributed by atoms with Crippen LogP contribution in [0.25, 0.3) is 88.2 Å². The second-order valence-electron chi connectivity index (χ2n) is 11.9. The first-order valence-corrected chi connectivity index (χ1v) is 15.6. The molecule has 4 aromatic heterocycles. The molecule has 4 heterocycles. The van der Waals surface area contributed by atoms with E-state index in [2.05, 4.69) is 124 Å².